The molecule has 1 aromatic carbocycles. The fourth-order valence-electron chi connectivity index (χ4n) is 2.11. The molecule has 7 heteroatoms. The molecular weight excluding hydrogens is 331 g/mol. The summed E-state index contributed by atoms with van der Waals surface area (Å²) in [6, 6.07) is 3.79. The third-order valence-electron chi connectivity index (χ3n) is 3.07. The predicted octanol–water partition coefficient (Wildman–Crippen LogP) is 0.224. The van der Waals surface area contributed by atoms with Crippen LogP contribution in [0.25, 0.3) is 10.9 Å². The van der Waals surface area contributed by atoms with E-state index in [0.29, 0.717) is 24.0 Å². The molecule has 1 unspecified atom stereocenters. The summed E-state index contributed by atoms with van der Waals surface area (Å²) in [5, 5.41) is 0.922. The Morgan fingerprint density at radius 1 is 1.24 bits per heavy atom. The van der Waals surface area contributed by atoms with Crippen LogP contribution in [0.4, 0.5) is 5.95 Å². The Bertz CT molecular complexity index is 648. The number of hydrogen-bond donors (Lipinski definition) is 1. The summed E-state index contributed by atoms with van der Waals surface area (Å²) in [6.07, 6.45) is 0. The Morgan fingerprint density at radius 3 is 2.43 bits per heavy atom. The second-order valence-corrected chi connectivity index (χ2v) is 5.82. The van der Waals surface area contributed by atoms with Crippen molar-refractivity contribution in [3.05, 3.63) is 12.1 Å². The third-order valence-corrected chi connectivity index (χ3v) is 3.79. The first-order chi connectivity index (χ1) is 9.96. The number of benzene rings is 1. The average molecular weight is 350 g/mol. The predicted molar refractivity (Wildman–Crippen MR) is 84.9 cm³/mol. The summed E-state index contributed by atoms with van der Waals surface area (Å²) in [5.41, 5.74) is 6.64. The molecule has 6 nitrogen and oxygen atoms in total. The average Bonchev–Trinajstić information content (AvgIpc) is 2.45. The molecule has 1 heterocycles. The number of nitrogens with zero attached hydrogens (tertiary/aromatic N) is 3. The summed E-state index contributed by atoms with van der Waals surface area (Å²) in [5.74, 6) is 1.96. The zero-order valence-corrected chi connectivity index (χ0v) is 14.5. The van der Waals surface area contributed by atoms with Gasteiger partial charge in [0, 0.05) is 0 Å². The van der Waals surface area contributed by atoms with Crippen LogP contribution in [0.2, 0.25) is 0 Å². The van der Waals surface area contributed by atoms with Gasteiger partial charge in [-0.1, -0.05) is 0 Å². The van der Waals surface area contributed by atoms with E-state index in [4.69, 9.17) is 15.2 Å². The normalized spacial score (nSPS) is 12.3. The topological polar surface area (TPSA) is 73.5 Å². The Kier molecular flexibility index (Phi) is 4.91. The Hall–Kier alpha value is -1.52. The Labute approximate surface area is 133 Å². The third kappa shape index (κ3) is 3.39. The Balaban J connectivity index is 2.54. The quantitative estimate of drug-likeness (QED) is 0.778. The number of likely N-dealkylation sites (N-methyl/N-ethyl adjacent to an activating group) is 1. The molecule has 0 bridgehead atoms. The number of ether oxygens (including phenoxy) is 2. The van der Waals surface area contributed by atoms with Gasteiger partial charge in [0.05, 0.1) is 0 Å². The van der Waals surface area contributed by atoms with Gasteiger partial charge in [-0.05, 0) is 0 Å². The fraction of sp³-hybridized carbons (Fsp3) is 0.429. The number of hydrogen-bond acceptors (Lipinski definition) is 6. The van der Waals surface area contributed by atoms with Crippen molar-refractivity contribution >= 4 is 38.2 Å². The summed E-state index contributed by atoms with van der Waals surface area (Å²) in [6.45, 7) is 2.64. The number of nitrogens with two attached hydrogens (primary N) is 1. The van der Waals surface area contributed by atoms with Gasteiger partial charge in [0.15, 0.2) is 0 Å². The molecule has 0 aliphatic rings. The van der Waals surface area contributed by atoms with Crippen LogP contribution in [0.5, 0.6) is 11.5 Å². The first kappa shape index (κ1) is 15.9. The van der Waals surface area contributed by atoms with Gasteiger partial charge in [0.25, 0.3) is 0 Å². The molecule has 2 aromatic rings. The number of anilines is 1. The van der Waals surface area contributed by atoms with Crippen LogP contribution in [0.1, 0.15) is 6.92 Å². The summed E-state index contributed by atoms with van der Waals surface area (Å²) in [4.78, 5) is 11.0. The van der Waals surface area contributed by atoms with Gasteiger partial charge in [-0.25, -0.2) is 0 Å². The molecule has 2 N–H and O–H groups in total. The van der Waals surface area contributed by atoms with E-state index in [2.05, 4.69) is 26.8 Å². The van der Waals surface area contributed by atoms with Gasteiger partial charge in [-0.2, -0.15) is 0 Å². The van der Waals surface area contributed by atoms with Crippen molar-refractivity contribution in [3.8, 4) is 11.5 Å². The maximum atomic E-state index is 5.83. The second kappa shape index (κ2) is 6.50. The van der Waals surface area contributed by atoms with Crippen molar-refractivity contribution in [2.75, 3.05) is 32.7 Å². The molecule has 0 amide bonds. The first-order valence-electron chi connectivity index (χ1n) is 6.55. The molecule has 2 radical (unpaired) electrons. The van der Waals surface area contributed by atoms with Gasteiger partial charge >= 0.3 is 133 Å². The van der Waals surface area contributed by atoms with E-state index >= 15 is 0 Å². The van der Waals surface area contributed by atoms with Crippen LogP contribution in [-0.2, 0) is 0 Å². The minimum atomic E-state index is 0.0505. The molecule has 0 fully saturated rings. The van der Waals surface area contributed by atoms with Crippen molar-refractivity contribution < 1.29 is 9.47 Å². The van der Waals surface area contributed by atoms with Crippen LogP contribution in [0, 0.1) is 0 Å². The van der Waals surface area contributed by atoms with Crippen LogP contribution in [0.15, 0.2) is 12.1 Å². The molecule has 0 aliphatic carbocycles. The number of methoxy groups -OCH3 is 2. The molecule has 112 valence electrons. The van der Waals surface area contributed by atoms with E-state index in [9.17, 15) is 0 Å². The summed E-state index contributed by atoms with van der Waals surface area (Å²) < 4.78 is 11.5. The molecule has 0 saturated carbocycles. The van der Waals surface area contributed by atoms with Crippen molar-refractivity contribution in [1.82, 2.24) is 9.97 Å². The molecule has 1 aromatic heterocycles. The number of fused-ring (bicyclic) bond motifs is 1. The summed E-state index contributed by atoms with van der Waals surface area (Å²) in [7, 11) is 5.15. The van der Waals surface area contributed by atoms with Crippen molar-refractivity contribution in [2.24, 2.45) is 5.73 Å². The molecule has 2 rings (SSSR count). The van der Waals surface area contributed by atoms with Crippen LogP contribution >= 0.6 is 0 Å². The molecule has 0 spiro atoms. The maximum absolute atomic E-state index is 5.83. The van der Waals surface area contributed by atoms with Gasteiger partial charge in [0.1, 0.15) is 0 Å². The molecular formula is C14H19AsN4O2. The number of aromatic nitrogens is 2. The van der Waals surface area contributed by atoms with Crippen molar-refractivity contribution in [1.29, 1.82) is 0 Å². The fourth-order valence-corrected chi connectivity index (χ4v) is 2.68. The van der Waals surface area contributed by atoms with E-state index < -0.39 is 0 Å². The monoisotopic (exact) mass is 350 g/mol. The van der Waals surface area contributed by atoms with E-state index in [1.165, 1.54) is 0 Å². The second-order valence-electron chi connectivity index (χ2n) is 4.93. The van der Waals surface area contributed by atoms with Gasteiger partial charge in [0.2, 0.25) is 0 Å². The molecule has 0 saturated heterocycles. The van der Waals surface area contributed by atoms with Crippen LogP contribution in [0.3, 0.4) is 0 Å². The standard InChI is InChI=1S/C14H19AsN4O2/c1-8(16)7-19(2)14-17-10-6-12(21-4)11(20-3)5-9(10)13(15)18-14/h5-6,8H,7,16H2,1-4H3. The van der Waals surface area contributed by atoms with Crippen molar-refractivity contribution in [2.45, 2.75) is 13.0 Å². The SMILES string of the molecule is COc1cc2nc(N(C)CC(C)N)nc([As])c2cc1OC. The van der Waals surface area contributed by atoms with Gasteiger partial charge in [-0.3, -0.25) is 0 Å². The van der Waals surface area contributed by atoms with E-state index in [-0.39, 0.29) is 6.04 Å². The first-order valence-corrected chi connectivity index (χ1v) is 7.49. The van der Waals surface area contributed by atoms with Gasteiger partial charge < -0.3 is 0 Å². The van der Waals surface area contributed by atoms with Crippen LogP contribution < -0.4 is 24.6 Å². The van der Waals surface area contributed by atoms with E-state index in [1.54, 1.807) is 14.2 Å². The molecule has 0 aliphatic heterocycles. The molecule has 1 atom stereocenters. The van der Waals surface area contributed by atoms with Gasteiger partial charge in [-0.15, -0.1) is 0 Å². The van der Waals surface area contributed by atoms with Crippen LogP contribution in [-0.4, -0.2) is 60.7 Å². The minimum absolute atomic E-state index is 0.0505. The zero-order valence-electron chi connectivity index (χ0n) is 12.6. The zero-order chi connectivity index (χ0) is 15.6. The summed E-state index contributed by atoms with van der Waals surface area (Å²) >= 11 is 2.47. The van der Waals surface area contributed by atoms with Crippen molar-refractivity contribution in [3.63, 3.8) is 0 Å². The molecule has 21 heavy (non-hydrogen) atoms. The van der Waals surface area contributed by atoms with E-state index in [0.717, 1.165) is 15.4 Å². The number of rotatable bonds is 5. The van der Waals surface area contributed by atoms with E-state index in [1.807, 2.05) is 31.0 Å². The Morgan fingerprint density at radius 2 is 1.86 bits per heavy atom.